The lowest BCUT2D eigenvalue weighted by molar-refractivity contribution is -0.148. The highest BCUT2D eigenvalue weighted by Gasteiger charge is 2.20. The van der Waals surface area contributed by atoms with Crippen LogP contribution in [0.2, 0.25) is 0 Å². The Morgan fingerprint density at radius 3 is 1.96 bits per heavy atom. The molecular weight excluding hydrogens is 332 g/mol. The van der Waals surface area contributed by atoms with Crippen molar-refractivity contribution in [3.63, 3.8) is 0 Å². The summed E-state index contributed by atoms with van der Waals surface area (Å²) in [6, 6.07) is 0. The lowest BCUT2D eigenvalue weighted by Gasteiger charge is -2.26. The molecule has 0 fully saturated rings. The van der Waals surface area contributed by atoms with Crippen LogP contribution < -0.4 is 0 Å². The molecule has 0 aliphatic carbocycles. The van der Waals surface area contributed by atoms with Crippen LogP contribution in [0.25, 0.3) is 0 Å². The summed E-state index contributed by atoms with van der Waals surface area (Å²) in [5.41, 5.74) is -0.159. The van der Waals surface area contributed by atoms with E-state index in [0.29, 0.717) is 6.61 Å². The molecule has 0 rings (SSSR count). The van der Waals surface area contributed by atoms with Crippen molar-refractivity contribution in [3.8, 4) is 0 Å². The summed E-state index contributed by atoms with van der Waals surface area (Å²) in [4.78, 5) is 12.0. The molecule has 0 aliphatic heterocycles. The third-order valence-corrected chi connectivity index (χ3v) is 4.66. The number of carbonyl (C=O) groups excluding carboxylic acids is 1. The molecule has 0 saturated carbocycles. The molecule has 0 amide bonds. The smallest absolute Gasteiger partial charge is 0.308 e. The predicted molar refractivity (Wildman–Crippen MR) is 105 cm³/mol. The summed E-state index contributed by atoms with van der Waals surface area (Å²) in [5.74, 6) is -0.170. The number of carbonyl (C=O) groups is 1. The van der Waals surface area contributed by atoms with Crippen LogP contribution in [0, 0.1) is 5.92 Å². The zero-order chi connectivity index (χ0) is 19.7. The van der Waals surface area contributed by atoms with Crippen LogP contribution in [-0.4, -0.2) is 48.2 Å². The van der Waals surface area contributed by atoms with Crippen LogP contribution in [0.15, 0.2) is 0 Å². The topological polar surface area (TPSA) is 76.0 Å². The van der Waals surface area contributed by atoms with Gasteiger partial charge in [0.2, 0.25) is 0 Å². The van der Waals surface area contributed by atoms with Gasteiger partial charge in [0.05, 0.1) is 18.1 Å². The second-order valence-electron chi connectivity index (χ2n) is 7.84. The van der Waals surface area contributed by atoms with Gasteiger partial charge in [-0.15, -0.1) is 0 Å². The first-order valence-corrected chi connectivity index (χ1v) is 10.5. The Labute approximate surface area is 160 Å². The van der Waals surface area contributed by atoms with Crippen LogP contribution >= 0.6 is 0 Å². The molecule has 156 valence electrons. The molecule has 5 heteroatoms. The monoisotopic (exact) mass is 374 g/mol. The van der Waals surface area contributed by atoms with Crippen LogP contribution in [-0.2, 0) is 14.3 Å². The van der Waals surface area contributed by atoms with E-state index >= 15 is 0 Å². The van der Waals surface area contributed by atoms with Gasteiger partial charge in [0, 0.05) is 19.8 Å². The van der Waals surface area contributed by atoms with E-state index in [0.717, 1.165) is 77.2 Å². The molecule has 0 heterocycles. The fourth-order valence-corrected chi connectivity index (χ4v) is 2.82. The van der Waals surface area contributed by atoms with Gasteiger partial charge in [-0.2, -0.15) is 0 Å². The van der Waals surface area contributed by atoms with Gasteiger partial charge in [-0.1, -0.05) is 26.2 Å². The van der Waals surface area contributed by atoms with Gasteiger partial charge < -0.3 is 19.7 Å². The van der Waals surface area contributed by atoms with Gasteiger partial charge in [-0.25, -0.2) is 0 Å². The van der Waals surface area contributed by atoms with E-state index in [2.05, 4.69) is 13.8 Å². The summed E-state index contributed by atoms with van der Waals surface area (Å²) >= 11 is 0. The molecule has 0 aromatic heterocycles. The van der Waals surface area contributed by atoms with E-state index in [-0.39, 0.29) is 30.7 Å². The molecule has 0 saturated heterocycles. The number of ether oxygens (including phenoxy) is 2. The number of hydrogen-bond donors (Lipinski definition) is 2. The molecule has 0 spiro atoms. The Morgan fingerprint density at radius 2 is 1.38 bits per heavy atom. The van der Waals surface area contributed by atoms with E-state index < -0.39 is 0 Å². The third-order valence-electron chi connectivity index (χ3n) is 4.66. The zero-order valence-electron chi connectivity index (χ0n) is 17.3. The normalized spacial score (nSPS) is 13.0. The van der Waals surface area contributed by atoms with Crippen molar-refractivity contribution in [1.82, 2.24) is 0 Å². The Hall–Kier alpha value is -0.650. The lowest BCUT2D eigenvalue weighted by atomic mass is 9.96. The van der Waals surface area contributed by atoms with Crippen LogP contribution in [0.3, 0.4) is 0 Å². The highest BCUT2D eigenvalue weighted by Crippen LogP contribution is 2.21. The van der Waals surface area contributed by atoms with E-state index in [1.165, 1.54) is 0 Å². The molecule has 0 aromatic carbocycles. The number of esters is 1. The van der Waals surface area contributed by atoms with E-state index in [4.69, 9.17) is 19.7 Å². The van der Waals surface area contributed by atoms with Gasteiger partial charge in [-0.05, 0) is 65.2 Å². The van der Waals surface area contributed by atoms with Crippen molar-refractivity contribution in [1.29, 1.82) is 0 Å². The van der Waals surface area contributed by atoms with Crippen LogP contribution in [0.5, 0.6) is 0 Å². The number of hydrogen-bond acceptors (Lipinski definition) is 5. The molecule has 1 unspecified atom stereocenters. The predicted octanol–water partition coefficient (Wildman–Crippen LogP) is 4.24. The molecule has 2 N–H and O–H groups in total. The Bertz CT molecular complexity index is 330. The third kappa shape index (κ3) is 15.6. The van der Waals surface area contributed by atoms with Crippen LogP contribution in [0.1, 0.15) is 91.4 Å². The fourth-order valence-electron chi connectivity index (χ4n) is 2.82. The maximum absolute atomic E-state index is 12.0. The van der Waals surface area contributed by atoms with Gasteiger partial charge in [-0.3, -0.25) is 4.79 Å². The number of aliphatic hydroxyl groups excluding tert-OH is 2. The van der Waals surface area contributed by atoms with Gasteiger partial charge in [0.1, 0.15) is 0 Å². The summed E-state index contributed by atoms with van der Waals surface area (Å²) in [6.45, 7) is 7.90. The second-order valence-corrected chi connectivity index (χ2v) is 7.84. The summed E-state index contributed by atoms with van der Waals surface area (Å²) in [7, 11) is 0. The number of aliphatic hydroxyl groups is 2. The number of unbranched alkanes of at least 4 members (excludes halogenated alkanes) is 6. The minimum Gasteiger partial charge on any atom is -0.465 e. The summed E-state index contributed by atoms with van der Waals surface area (Å²) in [5, 5.41) is 17.5. The van der Waals surface area contributed by atoms with Crippen molar-refractivity contribution in [2.45, 2.75) is 97.0 Å². The van der Waals surface area contributed by atoms with Crippen molar-refractivity contribution in [2.75, 3.05) is 26.4 Å². The summed E-state index contributed by atoms with van der Waals surface area (Å²) in [6.07, 6.45) is 10.4. The first-order chi connectivity index (χ1) is 12.4. The minimum atomic E-state index is -0.159. The molecule has 1 atom stereocenters. The zero-order valence-corrected chi connectivity index (χ0v) is 17.3. The maximum Gasteiger partial charge on any atom is 0.308 e. The highest BCUT2D eigenvalue weighted by atomic mass is 16.5. The molecule has 0 bridgehead atoms. The van der Waals surface area contributed by atoms with Gasteiger partial charge >= 0.3 is 5.97 Å². The van der Waals surface area contributed by atoms with Gasteiger partial charge in [0.25, 0.3) is 0 Å². The molecule has 26 heavy (non-hydrogen) atoms. The van der Waals surface area contributed by atoms with Gasteiger partial charge in [0.15, 0.2) is 0 Å². The molecule has 5 nitrogen and oxygen atoms in total. The Morgan fingerprint density at radius 1 is 0.846 bits per heavy atom. The van der Waals surface area contributed by atoms with Crippen molar-refractivity contribution in [3.05, 3.63) is 0 Å². The fraction of sp³-hybridized carbons (Fsp3) is 0.952. The number of rotatable bonds is 18. The van der Waals surface area contributed by atoms with E-state index in [1.807, 2.05) is 6.92 Å². The first-order valence-electron chi connectivity index (χ1n) is 10.5. The highest BCUT2D eigenvalue weighted by molar-refractivity contribution is 5.71. The molecular formula is C21H42O5. The van der Waals surface area contributed by atoms with E-state index in [9.17, 15) is 4.79 Å². The summed E-state index contributed by atoms with van der Waals surface area (Å²) < 4.78 is 11.3. The van der Waals surface area contributed by atoms with Crippen LogP contribution in [0.4, 0.5) is 0 Å². The molecule has 0 aliphatic rings. The standard InChI is InChI=1S/C21H42O5/c1-19(20(24)25-17-10-6-4-8-15-22)13-12-14-21(2,3)26-18-11-7-5-9-16-23/h19,22-23H,4-18H2,1-3H3. The lowest BCUT2D eigenvalue weighted by Crippen LogP contribution is -2.25. The Balaban J connectivity index is 3.69. The average molecular weight is 375 g/mol. The first kappa shape index (κ1) is 25.4. The molecule has 0 radical (unpaired) electrons. The average Bonchev–Trinajstić information content (AvgIpc) is 2.60. The maximum atomic E-state index is 12.0. The minimum absolute atomic E-state index is 0.0678. The SMILES string of the molecule is CC(CCCC(C)(C)OCCCCCCO)C(=O)OCCCCCCO. The second kappa shape index (κ2) is 16.5. The van der Waals surface area contributed by atoms with Crippen molar-refractivity contribution >= 4 is 5.97 Å². The van der Waals surface area contributed by atoms with E-state index in [1.54, 1.807) is 0 Å². The van der Waals surface area contributed by atoms with Crippen molar-refractivity contribution < 1.29 is 24.5 Å². The molecule has 0 aromatic rings. The quantitative estimate of drug-likeness (QED) is 0.277. The largest absolute Gasteiger partial charge is 0.465 e. The van der Waals surface area contributed by atoms with Crippen molar-refractivity contribution in [2.24, 2.45) is 5.92 Å². The Kier molecular flexibility index (Phi) is 16.1.